The number of carbonyl (C=O) groups excluding carboxylic acids is 1. The van der Waals surface area contributed by atoms with Gasteiger partial charge in [0.1, 0.15) is 5.82 Å². The number of hydrogen-bond acceptors (Lipinski definition) is 2. The van der Waals surface area contributed by atoms with Gasteiger partial charge in [0, 0.05) is 24.3 Å². The third-order valence-corrected chi connectivity index (χ3v) is 3.15. The zero-order valence-corrected chi connectivity index (χ0v) is 12.0. The molecule has 0 heterocycles. The number of rotatable bonds is 6. The van der Waals surface area contributed by atoms with E-state index in [9.17, 15) is 9.18 Å². The molecule has 0 bridgehead atoms. The maximum atomic E-state index is 12.8. The third-order valence-electron chi connectivity index (χ3n) is 3.15. The van der Waals surface area contributed by atoms with Crippen LogP contribution in [0.3, 0.4) is 0 Å². The van der Waals surface area contributed by atoms with Crippen molar-refractivity contribution < 1.29 is 9.18 Å². The molecule has 0 atom stereocenters. The lowest BCUT2D eigenvalue weighted by molar-refractivity contribution is -0.115. The van der Waals surface area contributed by atoms with E-state index < -0.39 is 0 Å². The predicted molar refractivity (Wildman–Crippen MR) is 84.0 cm³/mol. The maximum Gasteiger partial charge on any atom is 0.224 e. The molecule has 0 saturated heterocycles. The van der Waals surface area contributed by atoms with Gasteiger partial charge in [0.15, 0.2) is 0 Å². The second-order valence-corrected chi connectivity index (χ2v) is 4.78. The summed E-state index contributed by atoms with van der Waals surface area (Å²) >= 11 is 0. The minimum Gasteiger partial charge on any atom is -0.385 e. The molecule has 2 rings (SSSR count). The maximum absolute atomic E-state index is 12.8. The van der Waals surface area contributed by atoms with Gasteiger partial charge in [-0.3, -0.25) is 4.79 Å². The van der Waals surface area contributed by atoms with E-state index in [2.05, 4.69) is 10.6 Å². The first-order valence-corrected chi connectivity index (χ1v) is 7.05. The van der Waals surface area contributed by atoms with Crippen LogP contribution < -0.4 is 10.6 Å². The minimum atomic E-state index is -0.212. The van der Waals surface area contributed by atoms with Crippen LogP contribution >= 0.6 is 0 Å². The first-order chi connectivity index (χ1) is 10.2. The van der Waals surface area contributed by atoms with Crippen LogP contribution in [-0.2, 0) is 11.2 Å². The molecule has 110 valence electrons. The summed E-state index contributed by atoms with van der Waals surface area (Å²) in [6.45, 7) is 2.59. The van der Waals surface area contributed by atoms with Crippen molar-refractivity contribution in [3.63, 3.8) is 0 Å². The lowest BCUT2D eigenvalue weighted by Gasteiger charge is -2.08. The van der Waals surface area contributed by atoms with E-state index in [0.717, 1.165) is 29.9 Å². The van der Waals surface area contributed by atoms with E-state index in [0.29, 0.717) is 6.42 Å². The fourth-order valence-corrected chi connectivity index (χ4v) is 1.92. The fourth-order valence-electron chi connectivity index (χ4n) is 1.92. The molecule has 0 spiro atoms. The predicted octanol–water partition coefficient (Wildman–Crippen LogP) is 3.83. The molecule has 0 unspecified atom stereocenters. The number of nitrogens with one attached hydrogen (secondary N) is 2. The summed E-state index contributed by atoms with van der Waals surface area (Å²) in [5, 5.41) is 6.10. The highest BCUT2D eigenvalue weighted by atomic mass is 19.1. The number of carbonyl (C=O) groups is 1. The van der Waals surface area contributed by atoms with Crippen LogP contribution in [0.1, 0.15) is 18.9 Å². The number of halogens is 1. The van der Waals surface area contributed by atoms with E-state index in [-0.39, 0.29) is 11.7 Å². The zero-order chi connectivity index (χ0) is 15.1. The third kappa shape index (κ3) is 4.91. The van der Waals surface area contributed by atoms with Crippen molar-refractivity contribution >= 4 is 17.3 Å². The molecular weight excluding hydrogens is 267 g/mol. The van der Waals surface area contributed by atoms with Crippen molar-refractivity contribution in [3.8, 4) is 0 Å². The second kappa shape index (κ2) is 7.43. The van der Waals surface area contributed by atoms with Gasteiger partial charge in [-0.25, -0.2) is 4.39 Å². The average molecular weight is 286 g/mol. The van der Waals surface area contributed by atoms with Crippen LogP contribution in [0.4, 0.5) is 15.8 Å². The summed E-state index contributed by atoms with van der Waals surface area (Å²) in [5.41, 5.74) is 2.88. The van der Waals surface area contributed by atoms with Crippen molar-refractivity contribution in [1.29, 1.82) is 0 Å². The Hall–Kier alpha value is -2.36. The van der Waals surface area contributed by atoms with Crippen molar-refractivity contribution in [3.05, 3.63) is 59.9 Å². The Morgan fingerprint density at radius 2 is 1.62 bits per heavy atom. The highest BCUT2D eigenvalue weighted by Gasteiger charge is 1.99. The van der Waals surface area contributed by atoms with E-state index in [1.807, 2.05) is 31.2 Å². The molecule has 0 radical (unpaired) electrons. The summed E-state index contributed by atoms with van der Waals surface area (Å²) < 4.78 is 12.8. The van der Waals surface area contributed by atoms with Gasteiger partial charge in [-0.2, -0.15) is 0 Å². The summed E-state index contributed by atoms with van der Waals surface area (Å²) in [6.07, 6.45) is 1.30. The molecule has 0 fully saturated rings. The quantitative estimate of drug-likeness (QED) is 0.847. The number of amides is 1. The number of hydrogen-bond donors (Lipinski definition) is 2. The van der Waals surface area contributed by atoms with Gasteiger partial charge in [-0.05, 0) is 48.4 Å². The Bertz CT molecular complexity index is 579. The van der Waals surface area contributed by atoms with Crippen LogP contribution in [-0.4, -0.2) is 12.5 Å². The van der Waals surface area contributed by atoms with Crippen LogP contribution in [0.15, 0.2) is 48.5 Å². The van der Waals surface area contributed by atoms with Crippen molar-refractivity contribution in [1.82, 2.24) is 0 Å². The lowest BCUT2D eigenvalue weighted by atomic mass is 10.1. The molecule has 0 aliphatic heterocycles. The van der Waals surface area contributed by atoms with Crippen molar-refractivity contribution in [2.75, 3.05) is 17.2 Å². The Labute approximate surface area is 124 Å². The van der Waals surface area contributed by atoms with Gasteiger partial charge in [0.25, 0.3) is 0 Å². The summed E-state index contributed by atoms with van der Waals surface area (Å²) in [5.74, 6) is -0.205. The van der Waals surface area contributed by atoms with Gasteiger partial charge in [0.2, 0.25) is 5.91 Å². The first-order valence-electron chi connectivity index (χ1n) is 7.05. The van der Waals surface area contributed by atoms with E-state index >= 15 is 0 Å². The molecule has 21 heavy (non-hydrogen) atoms. The van der Waals surface area contributed by atoms with Crippen LogP contribution in [0.25, 0.3) is 0 Å². The number of anilines is 2. The molecular formula is C17H19FN2O. The SMILES string of the molecule is CCC(=O)Nc1ccc(NCCc2ccc(F)cc2)cc1. The smallest absolute Gasteiger partial charge is 0.224 e. The van der Waals surface area contributed by atoms with Gasteiger partial charge < -0.3 is 10.6 Å². The molecule has 2 aromatic carbocycles. The molecule has 2 aromatic rings. The summed E-state index contributed by atoms with van der Waals surface area (Å²) in [4.78, 5) is 11.3. The molecule has 2 N–H and O–H groups in total. The molecule has 1 amide bonds. The van der Waals surface area contributed by atoms with E-state index in [1.165, 1.54) is 12.1 Å². The van der Waals surface area contributed by atoms with Crippen LogP contribution in [0.5, 0.6) is 0 Å². The molecule has 0 aliphatic rings. The van der Waals surface area contributed by atoms with Gasteiger partial charge >= 0.3 is 0 Å². The molecule has 4 heteroatoms. The minimum absolute atomic E-state index is 0.00650. The summed E-state index contributed by atoms with van der Waals surface area (Å²) in [7, 11) is 0. The number of benzene rings is 2. The van der Waals surface area contributed by atoms with Crippen molar-refractivity contribution in [2.24, 2.45) is 0 Å². The molecule has 0 aliphatic carbocycles. The Balaban J connectivity index is 1.80. The normalized spacial score (nSPS) is 10.2. The molecule has 3 nitrogen and oxygen atoms in total. The van der Waals surface area contributed by atoms with Crippen LogP contribution in [0.2, 0.25) is 0 Å². The Kier molecular flexibility index (Phi) is 5.32. The largest absolute Gasteiger partial charge is 0.385 e. The van der Waals surface area contributed by atoms with Gasteiger partial charge in [-0.1, -0.05) is 19.1 Å². The zero-order valence-electron chi connectivity index (χ0n) is 12.0. The average Bonchev–Trinajstić information content (AvgIpc) is 2.51. The molecule has 0 saturated carbocycles. The monoisotopic (exact) mass is 286 g/mol. The van der Waals surface area contributed by atoms with Crippen LogP contribution in [0, 0.1) is 5.82 Å². The first kappa shape index (κ1) is 15.0. The van der Waals surface area contributed by atoms with Gasteiger partial charge in [-0.15, -0.1) is 0 Å². The molecule has 0 aromatic heterocycles. The van der Waals surface area contributed by atoms with Crippen molar-refractivity contribution in [2.45, 2.75) is 19.8 Å². The topological polar surface area (TPSA) is 41.1 Å². The highest BCUT2D eigenvalue weighted by molar-refractivity contribution is 5.90. The standard InChI is InChI=1S/C17H19FN2O/c1-2-17(21)20-16-9-7-15(8-10-16)19-12-11-13-3-5-14(18)6-4-13/h3-10,19H,2,11-12H2,1H3,(H,20,21). The lowest BCUT2D eigenvalue weighted by Crippen LogP contribution is -2.09. The highest BCUT2D eigenvalue weighted by Crippen LogP contribution is 2.14. The Morgan fingerprint density at radius 3 is 2.24 bits per heavy atom. The second-order valence-electron chi connectivity index (χ2n) is 4.78. The van der Waals surface area contributed by atoms with Gasteiger partial charge in [0.05, 0.1) is 0 Å². The summed E-state index contributed by atoms with van der Waals surface area (Å²) in [6, 6.07) is 14.1. The Morgan fingerprint density at radius 1 is 1.00 bits per heavy atom. The van der Waals surface area contributed by atoms with E-state index in [4.69, 9.17) is 0 Å². The fraction of sp³-hybridized carbons (Fsp3) is 0.235. The van der Waals surface area contributed by atoms with E-state index in [1.54, 1.807) is 12.1 Å².